The SMILES string of the molecule is CCOC(=O)N(C(=O)CN1CCNCC1)c1nc2cc3nc(N)sc3cc2s1. The number of benzene rings is 1. The minimum absolute atomic E-state index is 0.142. The largest absolute Gasteiger partial charge is 0.449 e. The molecule has 3 N–H and O–H groups in total. The summed E-state index contributed by atoms with van der Waals surface area (Å²) in [6, 6.07) is 3.76. The predicted molar refractivity (Wildman–Crippen MR) is 111 cm³/mol. The number of nitrogens with two attached hydrogens (primary N) is 1. The number of ether oxygens (including phenoxy) is 1. The smallest absolute Gasteiger partial charge is 0.423 e. The molecule has 148 valence electrons. The van der Waals surface area contributed by atoms with Gasteiger partial charge in [0.2, 0.25) is 5.13 Å². The Labute approximate surface area is 169 Å². The molecule has 0 aliphatic carbocycles. The summed E-state index contributed by atoms with van der Waals surface area (Å²) >= 11 is 2.66. The molecule has 1 aliphatic rings. The molecule has 0 radical (unpaired) electrons. The lowest BCUT2D eigenvalue weighted by Gasteiger charge is -2.28. The third kappa shape index (κ3) is 3.78. The van der Waals surface area contributed by atoms with Crippen LogP contribution < -0.4 is 16.0 Å². The van der Waals surface area contributed by atoms with Crippen LogP contribution >= 0.6 is 22.7 Å². The summed E-state index contributed by atoms with van der Waals surface area (Å²) in [5.74, 6) is -0.344. The summed E-state index contributed by atoms with van der Waals surface area (Å²) in [6.45, 7) is 5.18. The molecule has 11 heteroatoms. The summed E-state index contributed by atoms with van der Waals surface area (Å²) in [6.07, 6.45) is -0.703. The van der Waals surface area contributed by atoms with Crippen molar-refractivity contribution in [3.05, 3.63) is 12.1 Å². The predicted octanol–water partition coefficient (Wildman–Crippen LogP) is 1.88. The number of aromatic nitrogens is 2. The molecule has 1 fully saturated rings. The van der Waals surface area contributed by atoms with E-state index in [-0.39, 0.29) is 19.1 Å². The number of carbonyl (C=O) groups excluding carboxylic acids is 2. The van der Waals surface area contributed by atoms with Gasteiger partial charge in [0.1, 0.15) is 0 Å². The van der Waals surface area contributed by atoms with E-state index in [2.05, 4.69) is 15.3 Å². The number of nitrogen functional groups attached to an aromatic ring is 1. The van der Waals surface area contributed by atoms with Crippen LogP contribution in [0.3, 0.4) is 0 Å². The molecular formula is C17H20N6O3S2. The van der Waals surface area contributed by atoms with Crippen LogP contribution in [0.25, 0.3) is 20.4 Å². The highest BCUT2D eigenvalue weighted by Gasteiger charge is 2.29. The molecule has 1 saturated heterocycles. The average molecular weight is 421 g/mol. The Bertz CT molecular complexity index is 976. The maximum absolute atomic E-state index is 12.9. The Morgan fingerprint density at radius 1 is 1.21 bits per heavy atom. The summed E-state index contributed by atoms with van der Waals surface area (Å²) in [7, 11) is 0. The van der Waals surface area contributed by atoms with Crippen LogP contribution in [0, 0.1) is 0 Å². The van der Waals surface area contributed by atoms with E-state index in [1.807, 2.05) is 17.0 Å². The molecule has 4 rings (SSSR count). The Morgan fingerprint density at radius 2 is 1.93 bits per heavy atom. The van der Waals surface area contributed by atoms with Crippen molar-refractivity contribution < 1.29 is 14.3 Å². The number of hydrogen-bond donors (Lipinski definition) is 2. The van der Waals surface area contributed by atoms with Crippen LogP contribution in [0.2, 0.25) is 0 Å². The fourth-order valence-electron chi connectivity index (χ4n) is 3.06. The summed E-state index contributed by atoms with van der Waals surface area (Å²) in [5, 5.41) is 4.04. The quantitative estimate of drug-likeness (QED) is 0.658. The number of nitrogens with zero attached hydrogens (tertiary/aromatic N) is 4. The molecule has 9 nitrogen and oxygen atoms in total. The van der Waals surface area contributed by atoms with Gasteiger partial charge in [0.05, 0.1) is 33.6 Å². The highest BCUT2D eigenvalue weighted by molar-refractivity contribution is 7.24. The first-order valence-electron chi connectivity index (χ1n) is 8.94. The van der Waals surface area contributed by atoms with Gasteiger partial charge in [-0.25, -0.2) is 14.8 Å². The van der Waals surface area contributed by atoms with Crippen LogP contribution in [0.4, 0.5) is 15.1 Å². The summed E-state index contributed by atoms with van der Waals surface area (Å²) < 4.78 is 6.91. The highest BCUT2D eigenvalue weighted by Crippen LogP contribution is 2.34. The molecule has 1 aromatic carbocycles. The summed E-state index contributed by atoms with van der Waals surface area (Å²) in [5.41, 5.74) is 7.19. The molecule has 0 atom stereocenters. The van der Waals surface area contributed by atoms with Gasteiger partial charge in [-0.15, -0.1) is 0 Å². The number of amides is 2. The second-order valence-corrected chi connectivity index (χ2v) is 8.36. The van der Waals surface area contributed by atoms with Crippen molar-refractivity contribution in [3.8, 4) is 0 Å². The van der Waals surface area contributed by atoms with E-state index < -0.39 is 6.09 Å². The highest BCUT2D eigenvalue weighted by atomic mass is 32.1. The number of hydrogen-bond acceptors (Lipinski definition) is 10. The van der Waals surface area contributed by atoms with Crippen LogP contribution in [-0.2, 0) is 9.53 Å². The number of piperazine rings is 1. The maximum Gasteiger partial charge on any atom is 0.423 e. The molecule has 0 unspecified atom stereocenters. The molecule has 3 aromatic rings. The monoisotopic (exact) mass is 420 g/mol. The number of carbonyl (C=O) groups is 2. The molecule has 2 aromatic heterocycles. The Hall–Kier alpha value is -2.34. The minimum atomic E-state index is -0.703. The van der Waals surface area contributed by atoms with Crippen molar-refractivity contribution in [1.29, 1.82) is 0 Å². The van der Waals surface area contributed by atoms with Crippen LogP contribution in [0.15, 0.2) is 12.1 Å². The van der Waals surface area contributed by atoms with E-state index in [0.29, 0.717) is 15.8 Å². The zero-order valence-corrected chi connectivity index (χ0v) is 16.9. The van der Waals surface area contributed by atoms with Gasteiger partial charge in [-0.1, -0.05) is 22.7 Å². The van der Waals surface area contributed by atoms with E-state index >= 15 is 0 Å². The van der Waals surface area contributed by atoms with Crippen LogP contribution in [0.1, 0.15) is 6.92 Å². The number of fused-ring (bicyclic) bond motifs is 2. The third-order valence-electron chi connectivity index (χ3n) is 4.36. The van der Waals surface area contributed by atoms with Crippen molar-refractivity contribution in [2.45, 2.75) is 6.92 Å². The topological polar surface area (TPSA) is 114 Å². The van der Waals surface area contributed by atoms with E-state index in [1.54, 1.807) is 6.92 Å². The fraction of sp³-hybridized carbons (Fsp3) is 0.412. The van der Waals surface area contributed by atoms with Crippen LogP contribution in [-0.4, -0.2) is 66.2 Å². The van der Waals surface area contributed by atoms with E-state index in [9.17, 15) is 9.59 Å². The van der Waals surface area contributed by atoms with Gasteiger partial charge < -0.3 is 15.8 Å². The molecule has 1 aliphatic heterocycles. The third-order valence-corrected chi connectivity index (χ3v) is 6.21. The molecule has 0 saturated carbocycles. The van der Waals surface area contributed by atoms with E-state index in [1.165, 1.54) is 22.7 Å². The Balaban J connectivity index is 1.66. The lowest BCUT2D eigenvalue weighted by Crippen LogP contribution is -2.49. The number of thiazole rings is 2. The van der Waals surface area contributed by atoms with Crippen molar-refractivity contribution in [2.75, 3.05) is 50.0 Å². The van der Waals surface area contributed by atoms with Gasteiger partial charge in [0.25, 0.3) is 5.91 Å². The van der Waals surface area contributed by atoms with E-state index in [4.69, 9.17) is 10.5 Å². The molecular weight excluding hydrogens is 400 g/mol. The first-order chi connectivity index (χ1) is 13.5. The van der Waals surface area contributed by atoms with Crippen LogP contribution in [0.5, 0.6) is 0 Å². The fourth-order valence-corrected chi connectivity index (χ4v) is 4.88. The lowest BCUT2D eigenvalue weighted by molar-refractivity contribution is -0.119. The van der Waals surface area contributed by atoms with E-state index in [0.717, 1.165) is 46.0 Å². The van der Waals surface area contributed by atoms with Gasteiger partial charge in [0.15, 0.2) is 5.13 Å². The lowest BCUT2D eigenvalue weighted by atomic mass is 10.3. The number of rotatable bonds is 4. The van der Waals surface area contributed by atoms with Crippen molar-refractivity contribution in [2.24, 2.45) is 0 Å². The van der Waals surface area contributed by atoms with Gasteiger partial charge in [-0.3, -0.25) is 9.69 Å². The molecule has 28 heavy (non-hydrogen) atoms. The molecule has 0 spiro atoms. The number of nitrogens with one attached hydrogen (secondary N) is 1. The zero-order chi connectivity index (χ0) is 19.7. The van der Waals surface area contributed by atoms with Gasteiger partial charge in [0, 0.05) is 26.2 Å². The first-order valence-corrected chi connectivity index (χ1v) is 10.6. The van der Waals surface area contributed by atoms with Crippen molar-refractivity contribution >= 4 is 65.4 Å². The average Bonchev–Trinajstić information content (AvgIpc) is 3.21. The second kappa shape index (κ2) is 7.95. The van der Waals surface area contributed by atoms with Gasteiger partial charge >= 0.3 is 6.09 Å². The van der Waals surface area contributed by atoms with Crippen molar-refractivity contribution in [3.63, 3.8) is 0 Å². The normalized spacial score (nSPS) is 15.2. The zero-order valence-electron chi connectivity index (χ0n) is 15.3. The second-order valence-electron chi connectivity index (χ2n) is 6.29. The van der Waals surface area contributed by atoms with Crippen molar-refractivity contribution in [1.82, 2.24) is 20.2 Å². The first kappa shape index (κ1) is 19.0. The number of imide groups is 1. The molecule has 0 bridgehead atoms. The molecule has 3 heterocycles. The van der Waals surface area contributed by atoms with Gasteiger partial charge in [-0.05, 0) is 19.1 Å². The van der Waals surface area contributed by atoms with Gasteiger partial charge in [-0.2, -0.15) is 4.90 Å². The minimum Gasteiger partial charge on any atom is -0.449 e. The molecule has 2 amide bonds. The standard InChI is InChI=1S/C17H20N6O3S2/c1-2-26-17(25)23(14(24)9-22-5-3-19-4-6-22)16-21-11-7-10-12(8-13(11)28-16)27-15(18)20-10/h7-8,19H,2-6,9H2,1H3,(H2,18,20). The Kier molecular flexibility index (Phi) is 5.40. The number of anilines is 2. The maximum atomic E-state index is 12.9. The Morgan fingerprint density at radius 3 is 2.68 bits per heavy atom. The summed E-state index contributed by atoms with van der Waals surface area (Å²) in [4.78, 5) is 37.3.